The Morgan fingerprint density at radius 1 is 0.810 bits per heavy atom. The molecule has 3 rings (SSSR count). The summed E-state index contributed by atoms with van der Waals surface area (Å²) in [6.45, 7) is 3.83. The molecule has 110 valence electrons. The zero-order valence-electron chi connectivity index (χ0n) is 12.1. The average molecular weight is 302 g/mol. The van der Waals surface area contributed by atoms with Gasteiger partial charge in [0.15, 0.2) is 0 Å². The van der Waals surface area contributed by atoms with Crippen molar-refractivity contribution >= 4 is 21.2 Å². The van der Waals surface area contributed by atoms with Gasteiger partial charge in [-0.3, -0.25) is 0 Å². The SMILES string of the molecule is CCc1c(N)ccc2c1S(=O)(=O)c1c-2ccc(N)c1CC. The quantitative estimate of drug-likeness (QED) is 0.713. The van der Waals surface area contributed by atoms with Crippen molar-refractivity contribution in [1.82, 2.24) is 0 Å². The van der Waals surface area contributed by atoms with Gasteiger partial charge in [-0.25, -0.2) is 8.42 Å². The van der Waals surface area contributed by atoms with Gasteiger partial charge in [-0.05, 0) is 36.1 Å². The van der Waals surface area contributed by atoms with E-state index < -0.39 is 9.84 Å². The monoisotopic (exact) mass is 302 g/mol. The lowest BCUT2D eigenvalue weighted by Crippen LogP contribution is -2.07. The molecular weight excluding hydrogens is 284 g/mol. The second-order valence-corrected chi connectivity index (χ2v) is 7.05. The molecule has 0 amide bonds. The van der Waals surface area contributed by atoms with Crippen LogP contribution in [0.5, 0.6) is 0 Å². The zero-order valence-corrected chi connectivity index (χ0v) is 12.9. The van der Waals surface area contributed by atoms with Gasteiger partial charge in [-0.2, -0.15) is 0 Å². The predicted octanol–water partition coefficient (Wildman–Crippen LogP) is 2.79. The maximum atomic E-state index is 13.0. The third kappa shape index (κ3) is 1.70. The summed E-state index contributed by atoms with van der Waals surface area (Å²) in [5.41, 5.74) is 15.9. The minimum Gasteiger partial charge on any atom is -0.398 e. The summed E-state index contributed by atoms with van der Waals surface area (Å²) in [5.74, 6) is 0. The highest BCUT2D eigenvalue weighted by Crippen LogP contribution is 2.48. The minimum atomic E-state index is -3.56. The van der Waals surface area contributed by atoms with Gasteiger partial charge in [0.2, 0.25) is 9.84 Å². The molecule has 0 aliphatic carbocycles. The molecule has 5 heteroatoms. The van der Waals surface area contributed by atoms with E-state index in [0.29, 0.717) is 45.1 Å². The molecule has 1 heterocycles. The van der Waals surface area contributed by atoms with E-state index in [0.717, 1.165) is 11.1 Å². The van der Waals surface area contributed by atoms with Crippen molar-refractivity contribution in [2.75, 3.05) is 11.5 Å². The van der Waals surface area contributed by atoms with Crippen LogP contribution in [0.3, 0.4) is 0 Å². The van der Waals surface area contributed by atoms with Gasteiger partial charge in [-0.1, -0.05) is 26.0 Å². The molecule has 0 fully saturated rings. The Bertz CT molecular complexity index is 790. The fourth-order valence-corrected chi connectivity index (χ4v) is 5.47. The van der Waals surface area contributed by atoms with Crippen molar-refractivity contribution in [2.24, 2.45) is 0 Å². The fourth-order valence-electron chi connectivity index (χ4n) is 3.16. The number of sulfone groups is 1. The third-order valence-electron chi connectivity index (χ3n) is 4.13. The first-order valence-electron chi connectivity index (χ1n) is 7.01. The lowest BCUT2D eigenvalue weighted by Gasteiger charge is -2.10. The number of rotatable bonds is 2. The van der Waals surface area contributed by atoms with Crippen LogP contribution in [-0.2, 0) is 22.7 Å². The highest BCUT2D eigenvalue weighted by molar-refractivity contribution is 7.92. The average Bonchev–Trinajstić information content (AvgIpc) is 2.68. The van der Waals surface area contributed by atoms with Gasteiger partial charge in [0.1, 0.15) is 0 Å². The molecule has 0 saturated carbocycles. The highest BCUT2D eigenvalue weighted by atomic mass is 32.2. The molecule has 0 radical (unpaired) electrons. The smallest absolute Gasteiger partial charge is 0.208 e. The second kappa shape index (κ2) is 4.49. The molecule has 21 heavy (non-hydrogen) atoms. The molecule has 0 saturated heterocycles. The number of nitrogens with two attached hydrogens (primary N) is 2. The third-order valence-corrected chi connectivity index (χ3v) is 6.14. The zero-order chi connectivity index (χ0) is 15.4. The largest absolute Gasteiger partial charge is 0.398 e. The Labute approximate surface area is 124 Å². The molecule has 0 spiro atoms. The maximum absolute atomic E-state index is 13.0. The van der Waals surface area contributed by atoms with Crippen LogP contribution in [0, 0.1) is 0 Å². The van der Waals surface area contributed by atoms with Crippen LogP contribution < -0.4 is 11.5 Å². The molecule has 0 unspecified atom stereocenters. The van der Waals surface area contributed by atoms with Crippen LogP contribution in [0.2, 0.25) is 0 Å². The van der Waals surface area contributed by atoms with E-state index in [2.05, 4.69) is 0 Å². The number of fused-ring (bicyclic) bond motifs is 3. The van der Waals surface area contributed by atoms with Crippen molar-refractivity contribution in [3.8, 4) is 11.1 Å². The van der Waals surface area contributed by atoms with Gasteiger partial charge in [0.25, 0.3) is 0 Å². The molecular formula is C16H18N2O2S. The van der Waals surface area contributed by atoms with Crippen LogP contribution >= 0.6 is 0 Å². The number of anilines is 2. The first-order chi connectivity index (χ1) is 9.93. The van der Waals surface area contributed by atoms with Crippen LogP contribution in [0.25, 0.3) is 11.1 Å². The first-order valence-corrected chi connectivity index (χ1v) is 8.49. The van der Waals surface area contributed by atoms with Crippen molar-refractivity contribution in [1.29, 1.82) is 0 Å². The Kier molecular flexibility index (Phi) is 2.99. The molecule has 0 aromatic heterocycles. The number of benzene rings is 2. The molecule has 2 aromatic rings. The van der Waals surface area contributed by atoms with Crippen LogP contribution in [-0.4, -0.2) is 8.42 Å². The van der Waals surface area contributed by atoms with Gasteiger partial charge in [-0.15, -0.1) is 0 Å². The van der Waals surface area contributed by atoms with Gasteiger partial charge < -0.3 is 11.5 Å². The summed E-state index contributed by atoms with van der Waals surface area (Å²) in [6.07, 6.45) is 1.17. The van der Waals surface area contributed by atoms with E-state index in [1.54, 1.807) is 24.3 Å². The molecule has 4 nitrogen and oxygen atoms in total. The van der Waals surface area contributed by atoms with Crippen LogP contribution in [0.4, 0.5) is 11.4 Å². The predicted molar refractivity (Wildman–Crippen MR) is 84.9 cm³/mol. The molecule has 1 aliphatic heterocycles. The lowest BCUT2D eigenvalue weighted by molar-refractivity contribution is 0.597. The van der Waals surface area contributed by atoms with E-state index >= 15 is 0 Å². The standard InChI is InChI=1S/C16H18N2O2S/c1-3-9-13(17)7-5-11-12-6-8-14(18)10(4-2)16(12)21(19,20)15(9)11/h5-8H,3-4,17-18H2,1-2H3. The van der Waals surface area contributed by atoms with Crippen molar-refractivity contribution in [3.05, 3.63) is 35.4 Å². The van der Waals surface area contributed by atoms with Gasteiger partial charge in [0, 0.05) is 22.5 Å². The van der Waals surface area contributed by atoms with Crippen molar-refractivity contribution in [3.63, 3.8) is 0 Å². The number of hydrogen-bond acceptors (Lipinski definition) is 4. The van der Waals surface area contributed by atoms with Gasteiger partial charge >= 0.3 is 0 Å². The normalized spacial score (nSPS) is 14.8. The first kappa shape index (κ1) is 13.9. The maximum Gasteiger partial charge on any atom is 0.208 e. The van der Waals surface area contributed by atoms with E-state index in [-0.39, 0.29) is 0 Å². The van der Waals surface area contributed by atoms with E-state index in [4.69, 9.17) is 11.5 Å². The molecule has 1 aliphatic rings. The molecule has 0 bridgehead atoms. The fraction of sp³-hybridized carbons (Fsp3) is 0.250. The van der Waals surface area contributed by atoms with Crippen molar-refractivity contribution < 1.29 is 8.42 Å². The van der Waals surface area contributed by atoms with Gasteiger partial charge in [0.05, 0.1) is 9.79 Å². The minimum absolute atomic E-state index is 0.361. The Morgan fingerprint density at radius 3 is 1.52 bits per heavy atom. The topological polar surface area (TPSA) is 86.2 Å². The molecule has 2 aromatic carbocycles. The van der Waals surface area contributed by atoms with Crippen LogP contribution in [0.15, 0.2) is 34.1 Å². The summed E-state index contributed by atoms with van der Waals surface area (Å²) >= 11 is 0. The summed E-state index contributed by atoms with van der Waals surface area (Å²) in [6, 6.07) is 7.15. The number of nitrogen functional groups attached to an aromatic ring is 2. The molecule has 4 N–H and O–H groups in total. The number of hydrogen-bond donors (Lipinski definition) is 2. The Balaban J connectivity index is 2.49. The Morgan fingerprint density at radius 2 is 1.19 bits per heavy atom. The lowest BCUT2D eigenvalue weighted by atomic mass is 9.98. The molecule has 0 atom stereocenters. The second-order valence-electron chi connectivity index (χ2n) is 5.23. The van der Waals surface area contributed by atoms with E-state index in [1.165, 1.54) is 0 Å². The van der Waals surface area contributed by atoms with Crippen LogP contribution in [0.1, 0.15) is 25.0 Å². The summed E-state index contributed by atoms with van der Waals surface area (Å²) < 4.78 is 26.1. The van der Waals surface area contributed by atoms with Crippen molar-refractivity contribution in [2.45, 2.75) is 36.5 Å². The Hall–Kier alpha value is -2.01. The highest BCUT2D eigenvalue weighted by Gasteiger charge is 2.37. The van der Waals surface area contributed by atoms with E-state index in [1.807, 2.05) is 13.8 Å². The van der Waals surface area contributed by atoms with E-state index in [9.17, 15) is 8.42 Å². The summed E-state index contributed by atoms with van der Waals surface area (Å²) in [7, 11) is -3.56. The summed E-state index contributed by atoms with van der Waals surface area (Å²) in [5, 5.41) is 0. The summed E-state index contributed by atoms with van der Waals surface area (Å²) in [4.78, 5) is 0.723.